The van der Waals surface area contributed by atoms with Crippen LogP contribution in [0.1, 0.15) is 13.3 Å². The molecule has 0 aromatic rings. The molecule has 0 saturated carbocycles. The highest BCUT2D eigenvalue weighted by molar-refractivity contribution is 14.1. The topological polar surface area (TPSA) is 15.6 Å². The average Bonchev–Trinajstić information content (AvgIpc) is 2.01. The Hall–Kier alpha value is 0.00494. The van der Waals surface area contributed by atoms with Crippen molar-refractivity contribution in [1.29, 1.82) is 0 Å². The Morgan fingerprint density at radius 3 is 2.91 bits per heavy atom. The van der Waals surface area contributed by atoms with Gasteiger partial charge in [-0.3, -0.25) is 0 Å². The molecule has 1 heterocycles. The van der Waals surface area contributed by atoms with Crippen LogP contribution in [-0.2, 0) is 0 Å². The van der Waals surface area contributed by atoms with E-state index in [1.807, 2.05) is 18.2 Å². The van der Waals surface area contributed by atoms with E-state index in [1.165, 1.54) is 9.05 Å². The molecule has 0 saturated heterocycles. The van der Waals surface area contributed by atoms with Crippen molar-refractivity contribution < 1.29 is 0 Å². The molecule has 1 aliphatic heterocycles. The second kappa shape index (κ2) is 3.60. The van der Waals surface area contributed by atoms with Gasteiger partial charge in [-0.1, -0.05) is 36.3 Å². The molecule has 1 rings (SSSR count). The molecule has 0 bridgehead atoms. The zero-order chi connectivity index (χ0) is 8.43. The van der Waals surface area contributed by atoms with Crippen molar-refractivity contribution in [1.82, 2.24) is 4.92 Å². The number of allylic oxidation sites excluding steroid dienone is 1. The summed E-state index contributed by atoms with van der Waals surface area (Å²) in [6, 6.07) is 0. The third kappa shape index (κ3) is 1.77. The third-order valence-electron chi connectivity index (χ3n) is 2.01. The van der Waals surface area contributed by atoms with E-state index in [-0.39, 0.29) is 0 Å². The van der Waals surface area contributed by atoms with Crippen LogP contribution >= 0.6 is 22.6 Å². The molecule has 4 heteroatoms. The van der Waals surface area contributed by atoms with E-state index < -0.39 is 0 Å². The van der Waals surface area contributed by atoms with Crippen LogP contribution in [-0.4, -0.2) is 25.0 Å². The Bertz CT molecular complexity index is 212. The lowest BCUT2D eigenvalue weighted by Crippen LogP contribution is -2.33. The van der Waals surface area contributed by atoms with Crippen molar-refractivity contribution in [2.45, 2.75) is 20.2 Å². The maximum Gasteiger partial charge on any atom is 0.312 e. The monoisotopic (exact) mass is 262 g/mol. The van der Waals surface area contributed by atoms with Crippen LogP contribution < -0.4 is 0 Å². The van der Waals surface area contributed by atoms with Crippen molar-refractivity contribution >= 4 is 35.7 Å². The maximum absolute atomic E-state index is 4.26. The zero-order valence-corrected chi connectivity index (χ0v) is 9.29. The van der Waals surface area contributed by atoms with Gasteiger partial charge in [0.15, 0.2) is 0 Å². The number of nitrogens with zero attached hydrogens (tertiary/aromatic N) is 2. The van der Waals surface area contributed by atoms with Crippen LogP contribution in [0, 0.1) is 0 Å². The summed E-state index contributed by atoms with van der Waals surface area (Å²) in [7, 11) is 2.01. The molecule has 0 N–H and O–H groups in total. The largest absolute Gasteiger partial charge is 0.337 e. The lowest BCUT2D eigenvalue weighted by Gasteiger charge is -2.23. The van der Waals surface area contributed by atoms with Crippen LogP contribution in [0.2, 0.25) is 6.82 Å². The first-order valence-electron chi connectivity index (χ1n) is 3.82. The van der Waals surface area contributed by atoms with Gasteiger partial charge in [0.1, 0.15) is 0 Å². The molecule has 0 aromatic heterocycles. The molecule has 0 radical (unpaired) electrons. The predicted molar refractivity (Wildman–Crippen MR) is 59.2 cm³/mol. The third-order valence-corrected chi connectivity index (χ3v) is 3.60. The van der Waals surface area contributed by atoms with Gasteiger partial charge in [-0.25, -0.2) is 0 Å². The highest BCUT2D eigenvalue weighted by Gasteiger charge is 2.21. The van der Waals surface area contributed by atoms with Crippen molar-refractivity contribution in [3.05, 3.63) is 9.05 Å². The van der Waals surface area contributed by atoms with Crippen LogP contribution in [0.4, 0.5) is 0 Å². The minimum Gasteiger partial charge on any atom is -0.337 e. The molecule has 1 aliphatic rings. The lowest BCUT2D eigenvalue weighted by molar-refractivity contribution is 0.569. The molecule has 0 atom stereocenters. The molecule has 0 amide bonds. The molecule has 0 spiro atoms. The number of hydrogen-bond donors (Lipinski definition) is 0. The minimum absolute atomic E-state index is 0.454. The fourth-order valence-corrected chi connectivity index (χ4v) is 1.94. The van der Waals surface area contributed by atoms with E-state index in [2.05, 4.69) is 41.4 Å². The highest BCUT2D eigenvalue weighted by Crippen LogP contribution is 2.22. The van der Waals surface area contributed by atoms with Crippen molar-refractivity contribution in [2.75, 3.05) is 7.05 Å². The Morgan fingerprint density at radius 1 is 1.73 bits per heavy atom. The molecule has 0 aliphatic carbocycles. The smallest absolute Gasteiger partial charge is 0.312 e. The van der Waals surface area contributed by atoms with Gasteiger partial charge in [0.05, 0.1) is 0 Å². The van der Waals surface area contributed by atoms with Crippen LogP contribution in [0.5, 0.6) is 0 Å². The summed E-state index contributed by atoms with van der Waals surface area (Å²) < 4.78 is 1.42. The summed E-state index contributed by atoms with van der Waals surface area (Å²) in [4.78, 5) is 1.99. The van der Waals surface area contributed by atoms with Crippen LogP contribution in [0.25, 0.3) is 0 Å². The van der Waals surface area contributed by atoms with E-state index >= 15 is 0 Å². The Morgan fingerprint density at radius 2 is 2.36 bits per heavy atom. The van der Waals surface area contributed by atoms with Gasteiger partial charge in [0.2, 0.25) is 0 Å². The first-order chi connectivity index (χ1) is 5.16. The number of halogens is 1. The number of rotatable bonds is 1. The Kier molecular flexibility index (Phi) is 2.98. The Labute approximate surface area is 82.0 Å². The fourth-order valence-electron chi connectivity index (χ4n) is 1.01. The Balaban J connectivity index is 2.87. The summed E-state index contributed by atoms with van der Waals surface area (Å²) in [5.41, 5.74) is 1.37. The maximum atomic E-state index is 4.26. The SMILES string of the molecule is CCC1=C(I)B(C)N(C)N=C1. The molecule has 2 nitrogen and oxygen atoms in total. The van der Waals surface area contributed by atoms with Gasteiger partial charge in [-0.05, 0) is 15.5 Å². The summed E-state index contributed by atoms with van der Waals surface area (Å²) in [5, 5.41) is 4.26. The fraction of sp³-hybridized carbons (Fsp3) is 0.571. The minimum atomic E-state index is 0.454. The van der Waals surface area contributed by atoms with Gasteiger partial charge in [-0.15, -0.1) is 0 Å². The van der Waals surface area contributed by atoms with Crippen LogP contribution in [0.15, 0.2) is 14.2 Å². The second-order valence-corrected chi connectivity index (χ2v) is 3.88. The van der Waals surface area contributed by atoms with Gasteiger partial charge < -0.3 is 4.92 Å². The lowest BCUT2D eigenvalue weighted by atomic mass is 9.62. The molecular formula is C7H12BIN2. The van der Waals surface area contributed by atoms with Crippen molar-refractivity contribution in [3.8, 4) is 0 Å². The van der Waals surface area contributed by atoms with E-state index in [1.54, 1.807) is 0 Å². The van der Waals surface area contributed by atoms with Gasteiger partial charge >= 0.3 is 6.85 Å². The first-order valence-corrected chi connectivity index (χ1v) is 4.90. The summed E-state index contributed by atoms with van der Waals surface area (Å²) >= 11 is 2.41. The van der Waals surface area contributed by atoms with E-state index in [4.69, 9.17) is 0 Å². The zero-order valence-electron chi connectivity index (χ0n) is 7.13. The van der Waals surface area contributed by atoms with E-state index in [0.29, 0.717) is 6.85 Å². The van der Waals surface area contributed by atoms with E-state index in [0.717, 1.165) is 6.42 Å². The molecule has 60 valence electrons. The van der Waals surface area contributed by atoms with Crippen molar-refractivity contribution in [2.24, 2.45) is 5.10 Å². The van der Waals surface area contributed by atoms with Gasteiger partial charge in [-0.2, -0.15) is 5.10 Å². The average molecular weight is 262 g/mol. The molecule has 0 fully saturated rings. The second-order valence-electron chi connectivity index (χ2n) is 2.72. The number of hydrogen-bond acceptors (Lipinski definition) is 2. The summed E-state index contributed by atoms with van der Waals surface area (Å²) in [6.45, 7) is 4.79. The predicted octanol–water partition coefficient (Wildman–Crippen LogP) is 2.18. The standard InChI is InChI=1S/C7H12BIN2/c1-4-6-5-10-11(3)8(2)7(6)9/h5H,4H2,1-3H3. The molecule has 0 unspecified atom stereocenters. The van der Waals surface area contributed by atoms with Gasteiger partial charge in [0, 0.05) is 13.3 Å². The first kappa shape index (κ1) is 9.10. The molecule has 0 aromatic carbocycles. The normalized spacial score (nSPS) is 18.2. The quantitative estimate of drug-likeness (QED) is 0.522. The molecular weight excluding hydrogens is 250 g/mol. The summed E-state index contributed by atoms with van der Waals surface area (Å²) in [6.07, 6.45) is 3.04. The van der Waals surface area contributed by atoms with E-state index in [9.17, 15) is 0 Å². The number of hydrazone groups is 1. The van der Waals surface area contributed by atoms with Gasteiger partial charge in [0.25, 0.3) is 0 Å². The highest BCUT2D eigenvalue weighted by atomic mass is 127. The van der Waals surface area contributed by atoms with Crippen molar-refractivity contribution in [3.63, 3.8) is 0 Å². The summed E-state index contributed by atoms with van der Waals surface area (Å²) in [5.74, 6) is 0. The molecule has 11 heavy (non-hydrogen) atoms. The van der Waals surface area contributed by atoms with Crippen LogP contribution in [0.3, 0.4) is 0 Å².